The summed E-state index contributed by atoms with van der Waals surface area (Å²) in [5, 5.41) is 5.99. The van der Waals surface area contributed by atoms with Crippen molar-refractivity contribution in [3.63, 3.8) is 0 Å². The number of benzene rings is 2. The Morgan fingerprint density at radius 3 is 2.06 bits per heavy atom. The predicted molar refractivity (Wildman–Crippen MR) is 140 cm³/mol. The number of piperidine rings is 2. The average molecular weight is 523 g/mol. The molecule has 190 valence electrons. The van der Waals surface area contributed by atoms with Gasteiger partial charge in [-0.15, -0.1) is 0 Å². The number of thiocarbonyl (C=S) groups is 1. The zero-order valence-corrected chi connectivity index (χ0v) is 21.7. The number of halogens is 2. The van der Waals surface area contributed by atoms with Crippen LogP contribution in [0.15, 0.2) is 41.3 Å². The van der Waals surface area contributed by atoms with E-state index < -0.39 is 21.7 Å². The van der Waals surface area contributed by atoms with Crippen LogP contribution in [0.25, 0.3) is 0 Å². The van der Waals surface area contributed by atoms with Crippen molar-refractivity contribution in [3.8, 4) is 0 Å². The van der Waals surface area contributed by atoms with Gasteiger partial charge >= 0.3 is 0 Å². The topological polar surface area (TPSA) is 64.7 Å². The summed E-state index contributed by atoms with van der Waals surface area (Å²) in [5.41, 5.74) is 1.55. The third-order valence-electron chi connectivity index (χ3n) is 6.84. The third-order valence-corrected chi connectivity index (χ3v) is 8.94. The van der Waals surface area contributed by atoms with E-state index in [2.05, 4.69) is 29.4 Å². The van der Waals surface area contributed by atoms with Crippen LogP contribution in [0.1, 0.15) is 39.5 Å². The molecule has 2 aromatic carbocycles. The Bertz CT molecular complexity index is 1160. The molecule has 0 spiro atoms. The van der Waals surface area contributed by atoms with Gasteiger partial charge in [0.15, 0.2) is 5.11 Å². The maximum Gasteiger partial charge on any atom is 0.243 e. The molecule has 2 aliphatic heterocycles. The zero-order valence-electron chi connectivity index (χ0n) is 20.1. The number of nitrogens with zero attached hydrogens (tertiary/aromatic N) is 2. The minimum Gasteiger partial charge on any atom is -0.370 e. The van der Waals surface area contributed by atoms with Gasteiger partial charge in [0.25, 0.3) is 0 Å². The lowest BCUT2D eigenvalue weighted by Gasteiger charge is -2.34. The number of sulfonamides is 1. The van der Waals surface area contributed by atoms with Crippen molar-refractivity contribution in [1.82, 2.24) is 4.31 Å². The minimum atomic E-state index is -3.66. The summed E-state index contributed by atoms with van der Waals surface area (Å²) in [6.07, 6.45) is 3.76. The van der Waals surface area contributed by atoms with Crippen molar-refractivity contribution >= 4 is 44.4 Å². The SMILES string of the molecule is CC1CCN(c2ccc(S(=O)(=O)N3CCC(C)CC3)cc2NC(=S)Nc2cc(F)cc(F)c2)CC1. The quantitative estimate of drug-likeness (QED) is 0.511. The molecule has 2 fully saturated rings. The van der Waals surface area contributed by atoms with Crippen LogP contribution in [0.3, 0.4) is 0 Å². The van der Waals surface area contributed by atoms with Gasteiger partial charge in [-0.1, -0.05) is 13.8 Å². The molecule has 0 unspecified atom stereocenters. The molecule has 0 aromatic heterocycles. The van der Waals surface area contributed by atoms with Crippen molar-refractivity contribution in [2.45, 2.75) is 44.4 Å². The molecule has 6 nitrogen and oxygen atoms in total. The van der Waals surface area contributed by atoms with E-state index in [9.17, 15) is 17.2 Å². The van der Waals surface area contributed by atoms with Crippen LogP contribution >= 0.6 is 12.2 Å². The summed E-state index contributed by atoms with van der Waals surface area (Å²) in [6, 6.07) is 8.16. The van der Waals surface area contributed by atoms with Crippen LogP contribution in [0, 0.1) is 23.5 Å². The average Bonchev–Trinajstić information content (AvgIpc) is 2.79. The van der Waals surface area contributed by atoms with Gasteiger partial charge in [0.05, 0.1) is 16.3 Å². The molecule has 10 heteroatoms. The minimum absolute atomic E-state index is 0.114. The Labute approximate surface area is 211 Å². The number of hydrogen-bond donors (Lipinski definition) is 2. The van der Waals surface area contributed by atoms with Gasteiger partial charge in [-0.05, 0) is 80.1 Å². The predicted octanol–water partition coefficient (Wildman–Crippen LogP) is 5.43. The second-order valence-corrected chi connectivity index (χ2v) is 12.0. The second-order valence-electron chi connectivity index (χ2n) is 9.67. The number of hydrogen-bond acceptors (Lipinski definition) is 4. The molecule has 2 aliphatic rings. The van der Waals surface area contributed by atoms with E-state index in [0.717, 1.165) is 62.7 Å². The normalized spacial score (nSPS) is 18.5. The summed E-state index contributed by atoms with van der Waals surface area (Å²) in [4.78, 5) is 2.41. The van der Waals surface area contributed by atoms with Crippen molar-refractivity contribution in [1.29, 1.82) is 0 Å². The molecule has 2 saturated heterocycles. The smallest absolute Gasteiger partial charge is 0.243 e. The lowest BCUT2D eigenvalue weighted by molar-refractivity contribution is 0.288. The largest absolute Gasteiger partial charge is 0.370 e. The zero-order chi connectivity index (χ0) is 25.2. The first-order valence-corrected chi connectivity index (χ1v) is 13.9. The first kappa shape index (κ1) is 25.8. The monoisotopic (exact) mass is 522 g/mol. The molecule has 2 aromatic rings. The Balaban J connectivity index is 1.62. The number of anilines is 3. The maximum atomic E-state index is 13.6. The molecular formula is C25H32F2N4O2S2. The van der Waals surface area contributed by atoms with Gasteiger partial charge in [0, 0.05) is 37.9 Å². The van der Waals surface area contributed by atoms with E-state index in [1.807, 2.05) is 6.07 Å². The first-order chi connectivity index (χ1) is 16.6. The molecule has 0 atom stereocenters. The fourth-order valence-corrected chi connectivity index (χ4v) is 6.31. The van der Waals surface area contributed by atoms with Gasteiger partial charge in [-0.2, -0.15) is 4.31 Å². The van der Waals surface area contributed by atoms with E-state index in [1.165, 1.54) is 0 Å². The summed E-state index contributed by atoms with van der Waals surface area (Å²) in [5.74, 6) is -0.294. The second kappa shape index (κ2) is 10.8. The first-order valence-electron chi connectivity index (χ1n) is 12.0. The van der Waals surface area contributed by atoms with E-state index in [4.69, 9.17) is 12.2 Å². The fourth-order valence-electron chi connectivity index (χ4n) is 4.59. The molecule has 35 heavy (non-hydrogen) atoms. The Hall–Kier alpha value is -2.30. The number of rotatable bonds is 5. The van der Waals surface area contributed by atoms with E-state index in [-0.39, 0.29) is 15.7 Å². The summed E-state index contributed by atoms with van der Waals surface area (Å²) in [7, 11) is -3.66. The molecule has 0 aliphatic carbocycles. The lowest BCUT2D eigenvalue weighted by atomic mass is 9.98. The molecule has 2 N–H and O–H groups in total. The van der Waals surface area contributed by atoms with Gasteiger partial charge in [-0.25, -0.2) is 17.2 Å². The van der Waals surface area contributed by atoms with Gasteiger partial charge in [0.1, 0.15) is 11.6 Å². The van der Waals surface area contributed by atoms with Crippen LogP contribution in [-0.4, -0.2) is 44.0 Å². The van der Waals surface area contributed by atoms with Crippen molar-refractivity contribution in [2.75, 3.05) is 41.7 Å². The van der Waals surface area contributed by atoms with Gasteiger partial charge in [-0.3, -0.25) is 0 Å². The molecule has 0 amide bonds. The highest BCUT2D eigenvalue weighted by atomic mass is 32.2. The maximum absolute atomic E-state index is 13.6. The van der Waals surface area contributed by atoms with Crippen LogP contribution in [0.4, 0.5) is 25.8 Å². The molecule has 0 bridgehead atoms. The highest BCUT2D eigenvalue weighted by Gasteiger charge is 2.29. The lowest BCUT2D eigenvalue weighted by Crippen LogP contribution is -2.38. The highest BCUT2D eigenvalue weighted by Crippen LogP contribution is 2.34. The van der Waals surface area contributed by atoms with Gasteiger partial charge < -0.3 is 15.5 Å². The van der Waals surface area contributed by atoms with Crippen LogP contribution in [0.5, 0.6) is 0 Å². The van der Waals surface area contributed by atoms with Crippen LogP contribution in [0.2, 0.25) is 0 Å². The van der Waals surface area contributed by atoms with Crippen LogP contribution in [-0.2, 0) is 10.0 Å². The molecule has 0 radical (unpaired) electrons. The van der Waals surface area contributed by atoms with E-state index >= 15 is 0 Å². The molecule has 4 rings (SSSR count). The summed E-state index contributed by atoms with van der Waals surface area (Å²) < 4.78 is 55.5. The van der Waals surface area contributed by atoms with Gasteiger partial charge in [0.2, 0.25) is 10.0 Å². The van der Waals surface area contributed by atoms with E-state index in [0.29, 0.717) is 30.6 Å². The molecule has 2 heterocycles. The Morgan fingerprint density at radius 1 is 0.886 bits per heavy atom. The van der Waals surface area contributed by atoms with Crippen LogP contribution < -0.4 is 15.5 Å². The van der Waals surface area contributed by atoms with Crippen molar-refractivity contribution < 1.29 is 17.2 Å². The fraction of sp³-hybridized carbons (Fsp3) is 0.480. The standard InChI is InChI=1S/C25H32F2N4O2S2/c1-17-5-9-30(10-6-17)24-4-3-22(35(32,33)31-11-7-18(2)8-12-31)16-23(24)29-25(34)28-21-14-19(26)13-20(27)15-21/h3-4,13-18H,5-12H2,1-2H3,(H2,28,29,34). The summed E-state index contributed by atoms with van der Waals surface area (Å²) in [6.45, 7) is 7.07. The summed E-state index contributed by atoms with van der Waals surface area (Å²) >= 11 is 5.41. The number of nitrogens with one attached hydrogen (secondary N) is 2. The third kappa shape index (κ3) is 6.29. The Kier molecular flexibility index (Phi) is 7.92. The molecule has 0 saturated carbocycles. The highest BCUT2D eigenvalue weighted by molar-refractivity contribution is 7.89. The van der Waals surface area contributed by atoms with Crippen molar-refractivity contribution in [2.24, 2.45) is 11.8 Å². The van der Waals surface area contributed by atoms with Crippen molar-refractivity contribution in [3.05, 3.63) is 48.0 Å². The Morgan fingerprint density at radius 2 is 1.46 bits per heavy atom. The molecular weight excluding hydrogens is 490 g/mol. The van der Waals surface area contributed by atoms with E-state index in [1.54, 1.807) is 16.4 Å².